The van der Waals surface area contributed by atoms with Crippen molar-refractivity contribution in [3.63, 3.8) is 0 Å². The predicted octanol–water partition coefficient (Wildman–Crippen LogP) is 28.1. The Bertz CT molecular complexity index is 3150. The number of para-hydroxylation sites is 2. The molecule has 0 saturated carbocycles. The maximum atomic E-state index is 5.24. The van der Waals surface area contributed by atoms with Gasteiger partial charge in [-0.05, 0) is 79.9 Å². The van der Waals surface area contributed by atoms with Crippen LogP contribution in [0.15, 0.2) is 281 Å². The van der Waals surface area contributed by atoms with Crippen molar-refractivity contribution >= 4 is 22.8 Å². The first kappa shape index (κ1) is 94.2. The SMILES string of the molecule is C.CCCCN=C1C(Nc2c(C(C)C)cccc2C(C)C)=C(C)CC1C.CCCCN=C1C([N-]c2c(C(C)C)cccc2C(C)C)=C(C)CC1C.[CH2-]c1ccccc1.[CH2-]c1ccccc1.[CH2-]c1ccccc1.[CH2-]c1ccccc1.[CH2-]c1ccccc1.[CH2-]c1ccccc1.[CH2-]c1ccccc1.[Hf+4].[Hf]. The van der Waals surface area contributed by atoms with Crippen LogP contribution in [0.5, 0.6) is 0 Å². The van der Waals surface area contributed by atoms with Crippen LogP contribution in [-0.4, -0.2) is 24.5 Å². The van der Waals surface area contributed by atoms with Gasteiger partial charge in [0.2, 0.25) is 0 Å². The van der Waals surface area contributed by atoms with Gasteiger partial charge in [0.25, 0.3) is 0 Å². The molecule has 0 spiro atoms. The average molecular weight is 1690 g/mol. The molecule has 2 atom stereocenters. The van der Waals surface area contributed by atoms with Gasteiger partial charge < -0.3 is 10.6 Å². The maximum Gasteiger partial charge on any atom is 4.00 e. The third kappa shape index (κ3) is 37.9. The van der Waals surface area contributed by atoms with Crippen molar-refractivity contribution in [1.82, 2.24) is 0 Å². The van der Waals surface area contributed by atoms with Crippen molar-refractivity contribution in [2.75, 3.05) is 18.4 Å². The van der Waals surface area contributed by atoms with E-state index in [1.807, 2.05) is 212 Å². The Kier molecular flexibility index (Phi) is 50.7. The molecule has 0 fully saturated rings. The van der Waals surface area contributed by atoms with Crippen LogP contribution in [0.3, 0.4) is 0 Å². The molecule has 0 aromatic heterocycles. The molecule has 2 unspecified atom stereocenters. The largest absolute Gasteiger partial charge is 4.00 e. The first-order chi connectivity index (χ1) is 47.5. The standard InChI is InChI=1S/C23H36N2.C23H35N2.7C7H7.CH4.2Hf/c2*1-8-9-13-24-21-17(6)14-18(7)22(21)25-23-19(15(2)3)11-10-12-20(23)16(4)5;7*1-7-5-3-2-4-6-7;;;/h10-12,15-17,25H,8-9,13-14H2,1-7H3;10-12,15-17H,8-9,13-14H2,1-7H3;7*2-6H,1H2;1H4;;/q;8*-1;;;+4. The van der Waals surface area contributed by atoms with Crippen LogP contribution in [0.25, 0.3) is 5.32 Å². The summed E-state index contributed by atoms with van der Waals surface area (Å²) >= 11 is 0. The molecule has 0 radical (unpaired) electrons. The summed E-state index contributed by atoms with van der Waals surface area (Å²) in [5.74, 6) is 2.95. The van der Waals surface area contributed by atoms with Gasteiger partial charge in [-0.3, -0.25) is 9.98 Å². The molecule has 102 heavy (non-hydrogen) atoms. The van der Waals surface area contributed by atoms with Crippen molar-refractivity contribution in [3.8, 4) is 0 Å². The zero-order chi connectivity index (χ0) is 72.9. The van der Waals surface area contributed by atoms with Crippen LogP contribution < -0.4 is 5.32 Å². The van der Waals surface area contributed by atoms with Crippen LogP contribution >= 0.6 is 0 Å². The number of nitrogens with zero attached hydrogens (tertiary/aromatic N) is 3. The molecule has 2 aliphatic rings. The van der Waals surface area contributed by atoms with Crippen LogP contribution in [0.2, 0.25) is 0 Å². The minimum atomic E-state index is 0. The van der Waals surface area contributed by atoms with Crippen LogP contribution in [0.1, 0.15) is 228 Å². The van der Waals surface area contributed by atoms with Crippen molar-refractivity contribution in [3.05, 3.63) is 386 Å². The van der Waals surface area contributed by atoms with E-state index in [0.29, 0.717) is 35.5 Å². The third-order valence-electron chi connectivity index (χ3n) is 16.2. The first-order valence-electron chi connectivity index (χ1n) is 35.8. The molecule has 9 aromatic rings. The molecule has 0 saturated heterocycles. The summed E-state index contributed by atoms with van der Waals surface area (Å²) in [6, 6.07) is 82.5. The van der Waals surface area contributed by atoms with Crippen molar-refractivity contribution in [2.45, 2.75) is 167 Å². The Balaban J connectivity index is 0.00000120. The number of anilines is 1. The van der Waals surface area contributed by atoms with Gasteiger partial charge in [0, 0.05) is 62.2 Å². The third-order valence-corrected chi connectivity index (χ3v) is 16.2. The quantitative estimate of drug-likeness (QED) is 0.0658. The molecule has 2 aliphatic carbocycles. The fourth-order valence-corrected chi connectivity index (χ4v) is 10.7. The Morgan fingerprint density at radius 2 is 0.618 bits per heavy atom. The summed E-state index contributed by atoms with van der Waals surface area (Å²) in [5.41, 5.74) is 23.2. The van der Waals surface area contributed by atoms with Gasteiger partial charge in [-0.25, -0.2) is 0 Å². The summed E-state index contributed by atoms with van der Waals surface area (Å²) in [4.78, 5) is 9.90. The topological polar surface area (TPSA) is 50.9 Å². The monoisotopic (exact) mass is 1690 g/mol. The number of unbranched alkanes of at least 4 members (excludes halogenated alkanes) is 2. The predicted molar refractivity (Wildman–Crippen MR) is 446 cm³/mol. The zero-order valence-electron chi connectivity index (χ0n) is 64.1. The molecule has 1 N–H and O–H groups in total. The molecule has 4 nitrogen and oxygen atoms in total. The maximum absolute atomic E-state index is 5.24. The van der Waals surface area contributed by atoms with Crippen LogP contribution in [0.4, 0.5) is 11.4 Å². The van der Waals surface area contributed by atoms with E-state index in [1.165, 1.54) is 81.2 Å². The van der Waals surface area contributed by atoms with Gasteiger partial charge in [-0.15, -0.1) is 96.3 Å². The molecule has 0 heterocycles. The molecule has 6 heteroatoms. The molecule has 0 amide bonds. The second-order valence-electron chi connectivity index (χ2n) is 26.6. The Morgan fingerprint density at radius 1 is 0.373 bits per heavy atom. The summed E-state index contributed by atoms with van der Waals surface area (Å²) in [5, 5.41) is 9.09. The minimum absolute atomic E-state index is 0. The Hall–Kier alpha value is -7.77. The number of hydrogen-bond donors (Lipinski definition) is 1. The molecular formula is C96H124Hf2N4-4. The van der Waals surface area contributed by atoms with E-state index in [4.69, 9.17) is 15.3 Å². The van der Waals surface area contributed by atoms with Gasteiger partial charge >= 0.3 is 25.8 Å². The zero-order valence-corrected chi connectivity index (χ0v) is 71.3. The molecule has 0 bridgehead atoms. The van der Waals surface area contributed by atoms with E-state index < -0.39 is 0 Å². The first-order valence-corrected chi connectivity index (χ1v) is 35.8. The van der Waals surface area contributed by atoms with E-state index in [9.17, 15) is 0 Å². The number of allylic oxidation sites excluding steroid dienone is 4. The fourth-order valence-electron chi connectivity index (χ4n) is 10.7. The molecule has 9 aromatic carbocycles. The molecule has 0 aliphatic heterocycles. The Labute approximate surface area is 662 Å². The van der Waals surface area contributed by atoms with Gasteiger partial charge in [0.05, 0.1) is 11.4 Å². The number of nitrogens with one attached hydrogen (secondary N) is 1. The van der Waals surface area contributed by atoms with Gasteiger partial charge in [-0.2, -0.15) is 172 Å². The fraction of sp³-hybridized carbons (Fsp3) is 0.302. The minimum Gasteiger partial charge on any atom is -0.656 e. The van der Waals surface area contributed by atoms with E-state index >= 15 is 0 Å². The summed E-state index contributed by atoms with van der Waals surface area (Å²) in [6.07, 6.45) is 6.92. The second kappa shape index (κ2) is 54.9. The average Bonchev–Trinajstić information content (AvgIpc) is 1.56. The van der Waals surface area contributed by atoms with Crippen molar-refractivity contribution in [1.29, 1.82) is 0 Å². The summed E-state index contributed by atoms with van der Waals surface area (Å²) in [7, 11) is 0. The van der Waals surface area contributed by atoms with E-state index in [2.05, 4.69) is 187 Å². The number of rotatable bonds is 14. The van der Waals surface area contributed by atoms with Gasteiger partial charge in [0.15, 0.2) is 0 Å². The van der Waals surface area contributed by atoms with Gasteiger partial charge in [-0.1, -0.05) is 199 Å². The molecule has 540 valence electrons. The normalized spacial score (nSPS) is 13.7. The summed E-state index contributed by atoms with van der Waals surface area (Å²) < 4.78 is 0. The van der Waals surface area contributed by atoms with E-state index in [0.717, 1.165) is 77.0 Å². The smallest absolute Gasteiger partial charge is 0.656 e. The number of benzene rings is 9. The van der Waals surface area contributed by atoms with Crippen molar-refractivity contribution in [2.24, 2.45) is 21.8 Å². The van der Waals surface area contributed by atoms with Crippen molar-refractivity contribution < 1.29 is 51.7 Å². The molecular weight excluding hydrogens is 1570 g/mol. The van der Waals surface area contributed by atoms with Crippen LogP contribution in [0, 0.1) is 60.3 Å². The second-order valence-corrected chi connectivity index (χ2v) is 26.6. The Morgan fingerprint density at radius 3 is 0.863 bits per heavy atom. The van der Waals surface area contributed by atoms with E-state index in [-0.39, 0.29) is 59.1 Å². The number of hydrogen-bond acceptors (Lipinski definition) is 3. The van der Waals surface area contributed by atoms with E-state index in [1.54, 1.807) is 0 Å². The van der Waals surface area contributed by atoms with Gasteiger partial charge in [0.1, 0.15) is 0 Å². The number of aliphatic imine (C=N–C) groups is 2. The van der Waals surface area contributed by atoms with Crippen LogP contribution in [-0.2, 0) is 51.7 Å². The summed E-state index contributed by atoms with van der Waals surface area (Å²) in [6.45, 7) is 59.6. The molecule has 11 rings (SSSR count).